The third kappa shape index (κ3) is 3.06. The van der Waals surface area contributed by atoms with E-state index in [9.17, 15) is 4.79 Å². The van der Waals surface area contributed by atoms with Gasteiger partial charge in [-0.25, -0.2) is 4.98 Å². The van der Waals surface area contributed by atoms with Crippen LogP contribution in [0.15, 0.2) is 12.5 Å². The second-order valence-electron chi connectivity index (χ2n) is 3.79. The normalized spacial score (nSPS) is 10.7. The highest BCUT2D eigenvalue weighted by Gasteiger charge is 2.12. The lowest BCUT2D eigenvalue weighted by molar-refractivity contribution is -0.132. The van der Waals surface area contributed by atoms with E-state index >= 15 is 0 Å². The summed E-state index contributed by atoms with van der Waals surface area (Å²) in [5.74, 6) is 0.0342. The molecule has 0 aromatic carbocycles. The van der Waals surface area contributed by atoms with Crippen LogP contribution in [0.25, 0.3) is 0 Å². The zero-order valence-electron chi connectivity index (χ0n) is 9.34. The predicted octanol–water partition coefficient (Wildman–Crippen LogP) is 0.242. The highest BCUT2D eigenvalue weighted by molar-refractivity contribution is 5.75. The summed E-state index contributed by atoms with van der Waals surface area (Å²) >= 11 is 0. The Labute approximate surface area is 89.3 Å². The lowest BCUT2D eigenvalue weighted by atomic mass is 10.3. The van der Waals surface area contributed by atoms with Crippen molar-refractivity contribution in [2.75, 3.05) is 7.05 Å². The van der Waals surface area contributed by atoms with Crippen molar-refractivity contribution in [2.45, 2.75) is 33.0 Å². The minimum atomic E-state index is -0.0960. The van der Waals surface area contributed by atoms with E-state index in [1.165, 1.54) is 0 Å². The van der Waals surface area contributed by atoms with Crippen LogP contribution in [0.3, 0.4) is 0 Å². The SMILES string of the molecule is CC(C)N(C)C(=O)Cn1cnc(CO)c1. The average molecular weight is 211 g/mol. The Morgan fingerprint density at radius 3 is 2.80 bits per heavy atom. The van der Waals surface area contributed by atoms with Gasteiger partial charge in [-0.15, -0.1) is 0 Å². The monoisotopic (exact) mass is 211 g/mol. The molecular weight excluding hydrogens is 194 g/mol. The van der Waals surface area contributed by atoms with Crippen LogP contribution >= 0.6 is 0 Å². The molecule has 1 heterocycles. The Morgan fingerprint density at radius 2 is 2.33 bits per heavy atom. The Bertz CT molecular complexity index is 333. The van der Waals surface area contributed by atoms with Crippen molar-refractivity contribution < 1.29 is 9.90 Å². The highest BCUT2D eigenvalue weighted by Crippen LogP contribution is 2.00. The van der Waals surface area contributed by atoms with E-state index in [1.54, 1.807) is 29.0 Å². The molecule has 0 radical (unpaired) electrons. The topological polar surface area (TPSA) is 58.4 Å². The van der Waals surface area contributed by atoms with Gasteiger partial charge in [0.05, 0.1) is 18.6 Å². The van der Waals surface area contributed by atoms with Crippen LogP contribution in [0.1, 0.15) is 19.5 Å². The quantitative estimate of drug-likeness (QED) is 0.776. The molecule has 1 aromatic heterocycles. The summed E-state index contributed by atoms with van der Waals surface area (Å²) in [7, 11) is 1.77. The van der Waals surface area contributed by atoms with Gasteiger partial charge in [-0.1, -0.05) is 0 Å². The first-order valence-electron chi connectivity index (χ1n) is 4.91. The van der Waals surface area contributed by atoms with Crippen LogP contribution in [-0.2, 0) is 17.9 Å². The Morgan fingerprint density at radius 1 is 1.67 bits per heavy atom. The summed E-state index contributed by atoms with van der Waals surface area (Å²) in [5.41, 5.74) is 0.579. The minimum absolute atomic E-state index is 0.0342. The summed E-state index contributed by atoms with van der Waals surface area (Å²) in [4.78, 5) is 17.3. The van der Waals surface area contributed by atoms with Gasteiger partial charge in [0.25, 0.3) is 0 Å². The van der Waals surface area contributed by atoms with E-state index in [-0.39, 0.29) is 25.1 Å². The largest absolute Gasteiger partial charge is 0.390 e. The molecule has 15 heavy (non-hydrogen) atoms. The summed E-state index contributed by atoms with van der Waals surface area (Å²) in [6.07, 6.45) is 3.23. The van der Waals surface area contributed by atoms with Crippen molar-refractivity contribution in [2.24, 2.45) is 0 Å². The number of aromatic nitrogens is 2. The molecule has 0 aliphatic carbocycles. The lowest BCUT2D eigenvalue weighted by Crippen LogP contribution is -2.35. The molecule has 1 aromatic rings. The van der Waals surface area contributed by atoms with Gasteiger partial charge in [0.1, 0.15) is 6.54 Å². The van der Waals surface area contributed by atoms with Gasteiger partial charge >= 0.3 is 0 Å². The maximum absolute atomic E-state index is 11.7. The number of rotatable bonds is 4. The van der Waals surface area contributed by atoms with Crippen molar-refractivity contribution in [3.8, 4) is 0 Å². The molecule has 0 aliphatic rings. The van der Waals surface area contributed by atoms with Crippen LogP contribution in [0.5, 0.6) is 0 Å². The summed E-state index contributed by atoms with van der Waals surface area (Å²) in [6, 6.07) is 0.193. The molecule has 1 N–H and O–H groups in total. The fraction of sp³-hybridized carbons (Fsp3) is 0.600. The molecule has 0 atom stereocenters. The van der Waals surface area contributed by atoms with Crippen LogP contribution in [0, 0.1) is 0 Å². The number of carbonyl (C=O) groups is 1. The van der Waals surface area contributed by atoms with Crippen molar-refractivity contribution in [3.05, 3.63) is 18.2 Å². The third-order valence-corrected chi connectivity index (χ3v) is 2.33. The standard InChI is InChI=1S/C10H17N3O2/c1-8(2)12(3)10(15)5-13-4-9(6-14)11-7-13/h4,7-8,14H,5-6H2,1-3H3. The van der Waals surface area contributed by atoms with Crippen molar-refractivity contribution >= 4 is 5.91 Å². The summed E-state index contributed by atoms with van der Waals surface area (Å²) in [5, 5.41) is 8.81. The molecule has 0 saturated heterocycles. The second-order valence-corrected chi connectivity index (χ2v) is 3.79. The van der Waals surface area contributed by atoms with Crippen molar-refractivity contribution in [3.63, 3.8) is 0 Å². The zero-order chi connectivity index (χ0) is 11.4. The molecule has 0 bridgehead atoms. The van der Waals surface area contributed by atoms with Crippen molar-refractivity contribution in [1.29, 1.82) is 0 Å². The van der Waals surface area contributed by atoms with Crippen LogP contribution < -0.4 is 0 Å². The maximum atomic E-state index is 11.7. The molecule has 0 saturated carbocycles. The van der Waals surface area contributed by atoms with Gasteiger partial charge < -0.3 is 14.6 Å². The Balaban J connectivity index is 2.58. The number of hydrogen-bond donors (Lipinski definition) is 1. The van der Waals surface area contributed by atoms with Gasteiger partial charge in [0.15, 0.2) is 0 Å². The molecule has 84 valence electrons. The van der Waals surface area contributed by atoms with E-state index in [4.69, 9.17) is 5.11 Å². The van der Waals surface area contributed by atoms with E-state index in [2.05, 4.69) is 4.98 Å². The molecule has 0 unspecified atom stereocenters. The van der Waals surface area contributed by atoms with Crippen LogP contribution in [0.2, 0.25) is 0 Å². The van der Waals surface area contributed by atoms with E-state index in [0.29, 0.717) is 5.69 Å². The Hall–Kier alpha value is -1.36. The van der Waals surface area contributed by atoms with E-state index < -0.39 is 0 Å². The zero-order valence-corrected chi connectivity index (χ0v) is 9.34. The highest BCUT2D eigenvalue weighted by atomic mass is 16.3. The second kappa shape index (κ2) is 4.93. The number of imidazole rings is 1. The first-order chi connectivity index (χ1) is 7.04. The number of amides is 1. The summed E-state index contributed by atoms with van der Waals surface area (Å²) < 4.78 is 1.67. The van der Waals surface area contributed by atoms with Gasteiger partial charge in [-0.2, -0.15) is 0 Å². The summed E-state index contributed by atoms with van der Waals surface area (Å²) in [6.45, 7) is 4.10. The van der Waals surface area contributed by atoms with Gasteiger partial charge in [-0.3, -0.25) is 4.79 Å². The van der Waals surface area contributed by atoms with Gasteiger partial charge in [-0.05, 0) is 13.8 Å². The van der Waals surface area contributed by atoms with Gasteiger partial charge in [0, 0.05) is 19.3 Å². The lowest BCUT2D eigenvalue weighted by Gasteiger charge is -2.21. The molecule has 5 nitrogen and oxygen atoms in total. The number of hydrogen-bond acceptors (Lipinski definition) is 3. The predicted molar refractivity (Wildman–Crippen MR) is 56.1 cm³/mol. The minimum Gasteiger partial charge on any atom is -0.390 e. The molecule has 1 amide bonds. The van der Waals surface area contributed by atoms with Crippen LogP contribution in [0.4, 0.5) is 0 Å². The molecular formula is C10H17N3O2. The van der Waals surface area contributed by atoms with E-state index in [0.717, 1.165) is 0 Å². The first-order valence-corrected chi connectivity index (χ1v) is 4.91. The maximum Gasteiger partial charge on any atom is 0.242 e. The first kappa shape index (κ1) is 11.7. The fourth-order valence-corrected chi connectivity index (χ4v) is 1.13. The molecule has 0 spiro atoms. The molecule has 1 rings (SSSR count). The molecule has 0 fully saturated rings. The number of aliphatic hydroxyl groups excluding tert-OH is 1. The molecule has 5 heteroatoms. The number of aliphatic hydroxyl groups is 1. The third-order valence-electron chi connectivity index (χ3n) is 2.33. The van der Waals surface area contributed by atoms with E-state index in [1.807, 2.05) is 13.8 Å². The van der Waals surface area contributed by atoms with Gasteiger partial charge in [0.2, 0.25) is 5.91 Å². The van der Waals surface area contributed by atoms with Crippen molar-refractivity contribution in [1.82, 2.24) is 14.5 Å². The average Bonchev–Trinajstić information content (AvgIpc) is 2.64. The number of likely N-dealkylation sites (N-methyl/N-ethyl adjacent to an activating group) is 1. The fourth-order valence-electron chi connectivity index (χ4n) is 1.13. The Kier molecular flexibility index (Phi) is 3.85. The molecule has 0 aliphatic heterocycles. The smallest absolute Gasteiger partial charge is 0.242 e. The number of carbonyl (C=O) groups excluding carboxylic acids is 1. The van der Waals surface area contributed by atoms with Crippen LogP contribution in [-0.4, -0.2) is 38.6 Å². The number of nitrogens with zero attached hydrogens (tertiary/aromatic N) is 3.